The fourth-order valence-corrected chi connectivity index (χ4v) is 6.36. The summed E-state index contributed by atoms with van der Waals surface area (Å²) in [7, 11) is 1.88. The van der Waals surface area contributed by atoms with Crippen LogP contribution in [0.4, 0.5) is 4.79 Å². The third-order valence-electron chi connectivity index (χ3n) is 8.51. The number of ether oxygens (including phenoxy) is 2. The van der Waals surface area contributed by atoms with Gasteiger partial charge in [0, 0.05) is 38.5 Å². The first kappa shape index (κ1) is 24.8. The van der Waals surface area contributed by atoms with Crippen LogP contribution in [0.3, 0.4) is 0 Å². The van der Waals surface area contributed by atoms with E-state index in [1.54, 1.807) is 0 Å². The van der Waals surface area contributed by atoms with E-state index < -0.39 is 0 Å². The van der Waals surface area contributed by atoms with Crippen molar-refractivity contribution in [2.45, 2.75) is 63.5 Å². The van der Waals surface area contributed by atoms with Crippen molar-refractivity contribution in [1.82, 2.24) is 9.80 Å². The molecule has 0 N–H and O–H groups in total. The lowest BCUT2D eigenvalue weighted by Crippen LogP contribution is -2.56. The van der Waals surface area contributed by atoms with Crippen LogP contribution >= 0.6 is 0 Å². The number of benzene rings is 2. The van der Waals surface area contributed by atoms with Gasteiger partial charge in [0.1, 0.15) is 12.4 Å². The van der Waals surface area contributed by atoms with Crippen LogP contribution in [0, 0.1) is 11.8 Å². The summed E-state index contributed by atoms with van der Waals surface area (Å²) in [6.45, 7) is 5.11. The highest BCUT2D eigenvalue weighted by Crippen LogP contribution is 2.51. The summed E-state index contributed by atoms with van der Waals surface area (Å²) in [5.74, 6) is 1.70. The first-order valence-electron chi connectivity index (χ1n) is 13.4. The number of amides is 1. The molecule has 1 saturated heterocycles. The molecule has 2 aromatic carbocycles. The third kappa shape index (κ3) is 5.59. The summed E-state index contributed by atoms with van der Waals surface area (Å²) < 4.78 is 11.1. The lowest BCUT2D eigenvalue weighted by Gasteiger charge is -2.54. The number of piperidine rings is 1. The molecule has 36 heavy (non-hydrogen) atoms. The standard InChI is InChI=1S/C30H38N2O4/c1-22(33)36-28-10-6-9-25(17-28)30-15-16-32(19-23-11-12-23)20-26(30)13-14-27(18-30)31(2)29(34)35-21-24-7-4-3-5-8-24/h3-10,17,23,26-27H,11-16,18-21H2,1-2H3/t26-,27-,30+/m1/s1. The van der Waals surface area contributed by atoms with Crippen molar-refractivity contribution in [2.24, 2.45) is 11.8 Å². The maximum Gasteiger partial charge on any atom is 0.410 e. The number of nitrogens with zero attached hydrogens (tertiary/aromatic N) is 2. The number of carbonyl (C=O) groups excluding carboxylic acids is 2. The number of hydrogen-bond donors (Lipinski definition) is 0. The molecule has 0 radical (unpaired) electrons. The van der Waals surface area contributed by atoms with Crippen LogP contribution in [0.5, 0.6) is 5.75 Å². The quantitative estimate of drug-likeness (QED) is 0.384. The molecular weight excluding hydrogens is 452 g/mol. The smallest absolute Gasteiger partial charge is 0.410 e. The summed E-state index contributed by atoms with van der Waals surface area (Å²) in [4.78, 5) is 29.1. The second kappa shape index (κ2) is 10.6. The predicted molar refractivity (Wildman–Crippen MR) is 139 cm³/mol. The number of likely N-dealkylation sites (tertiary alicyclic amines) is 1. The first-order valence-corrected chi connectivity index (χ1v) is 13.4. The Balaban J connectivity index is 1.34. The van der Waals surface area contributed by atoms with Crippen LogP contribution in [-0.2, 0) is 21.6 Å². The van der Waals surface area contributed by atoms with E-state index in [9.17, 15) is 9.59 Å². The number of carbonyl (C=O) groups is 2. The molecule has 192 valence electrons. The average Bonchev–Trinajstić information content (AvgIpc) is 3.71. The lowest BCUT2D eigenvalue weighted by atomic mass is 9.58. The molecule has 6 heteroatoms. The molecule has 3 atom stereocenters. The van der Waals surface area contributed by atoms with Crippen molar-refractivity contribution in [2.75, 3.05) is 26.7 Å². The van der Waals surface area contributed by atoms with Crippen LogP contribution in [-0.4, -0.2) is 54.6 Å². The molecule has 3 fully saturated rings. The molecule has 6 nitrogen and oxygen atoms in total. The highest BCUT2D eigenvalue weighted by molar-refractivity contribution is 5.69. The molecule has 1 aliphatic heterocycles. The van der Waals surface area contributed by atoms with Crippen molar-refractivity contribution in [3.05, 3.63) is 65.7 Å². The van der Waals surface area contributed by atoms with Crippen molar-refractivity contribution in [3.63, 3.8) is 0 Å². The monoisotopic (exact) mass is 490 g/mol. The molecule has 1 amide bonds. The van der Waals surface area contributed by atoms with E-state index in [1.807, 2.05) is 54.4 Å². The van der Waals surface area contributed by atoms with E-state index in [1.165, 1.54) is 31.9 Å². The summed E-state index contributed by atoms with van der Waals surface area (Å²) in [5.41, 5.74) is 2.17. The Morgan fingerprint density at radius 2 is 1.86 bits per heavy atom. The number of fused-ring (bicyclic) bond motifs is 1. The van der Waals surface area contributed by atoms with Gasteiger partial charge in [-0.05, 0) is 80.2 Å². The van der Waals surface area contributed by atoms with Crippen LogP contribution in [0.25, 0.3) is 0 Å². The van der Waals surface area contributed by atoms with Gasteiger partial charge in [0.05, 0.1) is 0 Å². The predicted octanol–water partition coefficient (Wildman–Crippen LogP) is 5.40. The van der Waals surface area contributed by atoms with Gasteiger partial charge in [-0.25, -0.2) is 4.79 Å². The topological polar surface area (TPSA) is 59.1 Å². The molecule has 0 spiro atoms. The maximum absolute atomic E-state index is 13.0. The van der Waals surface area contributed by atoms with E-state index >= 15 is 0 Å². The Bertz CT molecular complexity index is 1070. The average molecular weight is 491 g/mol. The minimum atomic E-state index is -0.303. The van der Waals surface area contributed by atoms with Crippen molar-refractivity contribution in [3.8, 4) is 5.75 Å². The van der Waals surface area contributed by atoms with Crippen LogP contribution in [0.15, 0.2) is 54.6 Å². The highest BCUT2D eigenvalue weighted by Gasteiger charge is 2.49. The van der Waals surface area contributed by atoms with Gasteiger partial charge < -0.3 is 19.3 Å². The minimum absolute atomic E-state index is 0.0485. The van der Waals surface area contributed by atoms with Crippen molar-refractivity contribution >= 4 is 12.1 Å². The molecule has 2 aromatic rings. The summed E-state index contributed by atoms with van der Waals surface area (Å²) in [6, 6.07) is 18.0. The van der Waals surface area contributed by atoms with E-state index in [0.29, 0.717) is 11.7 Å². The second-order valence-electron chi connectivity index (χ2n) is 11.0. The Kier molecular flexibility index (Phi) is 7.33. The van der Waals surface area contributed by atoms with Gasteiger partial charge in [-0.15, -0.1) is 0 Å². The molecule has 5 rings (SSSR count). The Hall–Kier alpha value is -2.86. The largest absolute Gasteiger partial charge is 0.445 e. The SMILES string of the molecule is CC(=O)Oc1cccc([C@@]23CCN(CC4CC4)C[C@H]2CC[C@@H](N(C)C(=O)OCc2ccccc2)C3)c1. The molecule has 0 aromatic heterocycles. The first-order chi connectivity index (χ1) is 17.4. The van der Waals surface area contributed by atoms with E-state index in [4.69, 9.17) is 9.47 Å². The molecule has 3 aliphatic rings. The zero-order valence-electron chi connectivity index (χ0n) is 21.5. The fraction of sp³-hybridized carbons (Fsp3) is 0.533. The van der Waals surface area contributed by atoms with Crippen molar-refractivity contribution in [1.29, 1.82) is 0 Å². The maximum atomic E-state index is 13.0. The summed E-state index contributed by atoms with van der Waals surface area (Å²) in [5, 5.41) is 0. The normalized spacial score (nSPS) is 26.1. The Morgan fingerprint density at radius 1 is 1.06 bits per heavy atom. The van der Waals surface area contributed by atoms with Gasteiger partial charge >= 0.3 is 12.1 Å². The molecule has 0 bridgehead atoms. The lowest BCUT2D eigenvalue weighted by molar-refractivity contribution is -0.131. The van der Waals surface area contributed by atoms with Crippen LogP contribution in [0.2, 0.25) is 0 Å². The van der Waals surface area contributed by atoms with Crippen LogP contribution < -0.4 is 4.74 Å². The van der Waals surface area contributed by atoms with E-state index in [2.05, 4.69) is 17.0 Å². The van der Waals surface area contributed by atoms with Gasteiger partial charge in [0.25, 0.3) is 0 Å². The zero-order valence-corrected chi connectivity index (χ0v) is 21.5. The molecule has 2 saturated carbocycles. The number of hydrogen-bond acceptors (Lipinski definition) is 5. The summed E-state index contributed by atoms with van der Waals surface area (Å²) in [6.07, 6.45) is 6.47. The molecule has 0 unspecified atom stereocenters. The van der Waals surface area contributed by atoms with Gasteiger partial charge in [-0.2, -0.15) is 0 Å². The fourth-order valence-electron chi connectivity index (χ4n) is 6.36. The summed E-state index contributed by atoms with van der Waals surface area (Å²) >= 11 is 0. The molecular formula is C30H38N2O4. The zero-order chi connectivity index (χ0) is 25.1. The Labute approximate surface area is 214 Å². The van der Waals surface area contributed by atoms with Gasteiger partial charge in [-0.3, -0.25) is 4.79 Å². The molecule has 2 aliphatic carbocycles. The highest BCUT2D eigenvalue weighted by atomic mass is 16.6. The van der Waals surface area contributed by atoms with Gasteiger partial charge in [0.2, 0.25) is 0 Å². The van der Waals surface area contributed by atoms with E-state index in [-0.39, 0.29) is 30.1 Å². The minimum Gasteiger partial charge on any atom is -0.445 e. The third-order valence-corrected chi connectivity index (χ3v) is 8.51. The van der Waals surface area contributed by atoms with Gasteiger partial charge in [0.15, 0.2) is 0 Å². The number of esters is 1. The second-order valence-corrected chi connectivity index (χ2v) is 11.0. The van der Waals surface area contributed by atoms with Crippen molar-refractivity contribution < 1.29 is 19.1 Å². The Morgan fingerprint density at radius 3 is 2.61 bits per heavy atom. The van der Waals surface area contributed by atoms with Gasteiger partial charge in [-0.1, -0.05) is 42.5 Å². The van der Waals surface area contributed by atoms with Crippen LogP contribution in [0.1, 0.15) is 56.6 Å². The van der Waals surface area contributed by atoms with E-state index in [0.717, 1.165) is 50.3 Å². The molecule has 1 heterocycles. The number of rotatable bonds is 7.